The number of rotatable bonds is 1. The van der Waals surface area contributed by atoms with Crippen LogP contribution in [0.2, 0.25) is 0 Å². The SMILES string of the molecule is Cc1cccc(N2CCC(O)C(C)C2)n1. The van der Waals surface area contributed by atoms with E-state index >= 15 is 0 Å². The molecule has 0 saturated carbocycles. The number of pyridine rings is 1. The topological polar surface area (TPSA) is 36.4 Å². The van der Waals surface area contributed by atoms with E-state index in [1.54, 1.807) is 0 Å². The van der Waals surface area contributed by atoms with E-state index in [4.69, 9.17) is 0 Å². The highest BCUT2D eigenvalue weighted by atomic mass is 16.3. The Labute approximate surface area is 90.8 Å². The van der Waals surface area contributed by atoms with Crippen LogP contribution in [-0.2, 0) is 0 Å². The summed E-state index contributed by atoms with van der Waals surface area (Å²) in [7, 11) is 0. The number of anilines is 1. The maximum absolute atomic E-state index is 9.65. The van der Waals surface area contributed by atoms with E-state index in [2.05, 4.69) is 16.8 Å². The quantitative estimate of drug-likeness (QED) is 0.758. The van der Waals surface area contributed by atoms with Gasteiger partial charge in [0.1, 0.15) is 5.82 Å². The first-order valence-corrected chi connectivity index (χ1v) is 5.53. The van der Waals surface area contributed by atoms with E-state index in [9.17, 15) is 5.11 Å². The van der Waals surface area contributed by atoms with Gasteiger partial charge in [0, 0.05) is 18.8 Å². The number of hydrogen-bond acceptors (Lipinski definition) is 3. The summed E-state index contributed by atoms with van der Waals surface area (Å²) in [5, 5.41) is 9.65. The van der Waals surface area contributed by atoms with Crippen molar-refractivity contribution in [3.63, 3.8) is 0 Å². The van der Waals surface area contributed by atoms with E-state index in [-0.39, 0.29) is 6.10 Å². The third kappa shape index (κ3) is 2.29. The highest BCUT2D eigenvalue weighted by Gasteiger charge is 2.24. The van der Waals surface area contributed by atoms with Crippen molar-refractivity contribution in [1.29, 1.82) is 0 Å². The molecule has 0 radical (unpaired) electrons. The minimum absolute atomic E-state index is 0.147. The van der Waals surface area contributed by atoms with E-state index < -0.39 is 0 Å². The fourth-order valence-electron chi connectivity index (χ4n) is 2.05. The van der Waals surface area contributed by atoms with Gasteiger partial charge >= 0.3 is 0 Å². The van der Waals surface area contributed by atoms with E-state index in [0.29, 0.717) is 5.92 Å². The number of hydrogen-bond donors (Lipinski definition) is 1. The normalized spacial score (nSPS) is 26.7. The van der Waals surface area contributed by atoms with Gasteiger partial charge in [-0.3, -0.25) is 0 Å². The van der Waals surface area contributed by atoms with Crippen LogP contribution in [-0.4, -0.2) is 29.3 Å². The summed E-state index contributed by atoms with van der Waals surface area (Å²) in [6, 6.07) is 6.08. The highest BCUT2D eigenvalue weighted by Crippen LogP contribution is 2.21. The van der Waals surface area contributed by atoms with Gasteiger partial charge in [-0.25, -0.2) is 4.98 Å². The summed E-state index contributed by atoms with van der Waals surface area (Å²) in [4.78, 5) is 6.75. The molecule has 82 valence electrons. The molecule has 2 heterocycles. The summed E-state index contributed by atoms with van der Waals surface area (Å²) in [6.07, 6.45) is 0.697. The van der Waals surface area contributed by atoms with E-state index in [0.717, 1.165) is 31.0 Å². The molecule has 1 aromatic heterocycles. The van der Waals surface area contributed by atoms with Gasteiger partial charge in [-0.05, 0) is 31.4 Å². The molecule has 3 heteroatoms. The summed E-state index contributed by atoms with van der Waals surface area (Å²) < 4.78 is 0. The molecule has 0 amide bonds. The van der Waals surface area contributed by atoms with Gasteiger partial charge in [0.05, 0.1) is 6.10 Å². The van der Waals surface area contributed by atoms with Gasteiger partial charge in [0.25, 0.3) is 0 Å². The first-order chi connectivity index (χ1) is 7.16. The standard InChI is InChI=1S/C12H18N2O/c1-9-8-14(7-6-11(9)15)12-5-3-4-10(2)13-12/h3-5,9,11,15H,6-8H2,1-2H3. The molecular weight excluding hydrogens is 188 g/mol. The minimum atomic E-state index is -0.147. The zero-order valence-electron chi connectivity index (χ0n) is 9.35. The monoisotopic (exact) mass is 206 g/mol. The highest BCUT2D eigenvalue weighted by molar-refractivity contribution is 5.39. The maximum Gasteiger partial charge on any atom is 0.128 e. The number of aliphatic hydroxyl groups is 1. The van der Waals surface area contributed by atoms with Crippen LogP contribution in [0.4, 0.5) is 5.82 Å². The zero-order valence-corrected chi connectivity index (χ0v) is 9.35. The van der Waals surface area contributed by atoms with Crippen LogP contribution in [0.3, 0.4) is 0 Å². The van der Waals surface area contributed by atoms with Gasteiger partial charge in [-0.1, -0.05) is 13.0 Å². The Bertz CT molecular complexity index is 340. The largest absolute Gasteiger partial charge is 0.393 e. The lowest BCUT2D eigenvalue weighted by molar-refractivity contribution is 0.0969. The molecule has 2 unspecified atom stereocenters. The molecule has 3 nitrogen and oxygen atoms in total. The Hall–Kier alpha value is -1.09. The second-order valence-electron chi connectivity index (χ2n) is 4.42. The second-order valence-corrected chi connectivity index (χ2v) is 4.42. The Balaban J connectivity index is 2.12. The number of aryl methyl sites for hydroxylation is 1. The molecule has 0 aliphatic carbocycles. The number of aromatic nitrogens is 1. The number of nitrogens with zero attached hydrogens (tertiary/aromatic N) is 2. The lowest BCUT2D eigenvalue weighted by Crippen LogP contribution is -2.42. The minimum Gasteiger partial charge on any atom is -0.393 e. The molecule has 1 saturated heterocycles. The predicted molar refractivity (Wildman–Crippen MR) is 61.0 cm³/mol. The molecule has 2 atom stereocenters. The third-order valence-corrected chi connectivity index (χ3v) is 3.06. The van der Waals surface area contributed by atoms with Crippen LogP contribution in [0.5, 0.6) is 0 Å². The van der Waals surface area contributed by atoms with Crippen molar-refractivity contribution >= 4 is 5.82 Å². The van der Waals surface area contributed by atoms with Crippen LogP contribution >= 0.6 is 0 Å². The second kappa shape index (κ2) is 4.19. The number of piperidine rings is 1. The van der Waals surface area contributed by atoms with Gasteiger partial charge in [0.2, 0.25) is 0 Å². The van der Waals surface area contributed by atoms with Gasteiger partial charge in [-0.15, -0.1) is 0 Å². The Morgan fingerprint density at radius 3 is 2.93 bits per heavy atom. The molecule has 1 aliphatic heterocycles. The van der Waals surface area contributed by atoms with Crippen LogP contribution in [0, 0.1) is 12.8 Å². The maximum atomic E-state index is 9.65. The lowest BCUT2D eigenvalue weighted by Gasteiger charge is -2.35. The molecule has 1 aromatic rings. The van der Waals surface area contributed by atoms with Gasteiger partial charge in [0.15, 0.2) is 0 Å². The molecular formula is C12H18N2O. The average molecular weight is 206 g/mol. The molecule has 1 N–H and O–H groups in total. The van der Waals surface area contributed by atoms with Crippen LogP contribution in [0.15, 0.2) is 18.2 Å². The number of aliphatic hydroxyl groups excluding tert-OH is 1. The van der Waals surface area contributed by atoms with Gasteiger partial charge in [-0.2, -0.15) is 0 Å². The van der Waals surface area contributed by atoms with Crippen molar-refractivity contribution in [2.75, 3.05) is 18.0 Å². The predicted octanol–water partition coefficient (Wildman–Crippen LogP) is 1.60. The Morgan fingerprint density at radius 2 is 2.27 bits per heavy atom. The summed E-state index contributed by atoms with van der Waals surface area (Å²) in [5.74, 6) is 1.37. The molecule has 0 aromatic carbocycles. The average Bonchev–Trinajstić information content (AvgIpc) is 2.22. The molecule has 15 heavy (non-hydrogen) atoms. The van der Waals surface area contributed by atoms with Crippen LogP contribution in [0.1, 0.15) is 19.0 Å². The van der Waals surface area contributed by atoms with Crippen molar-refractivity contribution in [3.05, 3.63) is 23.9 Å². The first kappa shape index (κ1) is 10.4. The molecule has 1 aliphatic rings. The fourth-order valence-corrected chi connectivity index (χ4v) is 2.05. The fraction of sp³-hybridized carbons (Fsp3) is 0.583. The lowest BCUT2D eigenvalue weighted by atomic mass is 9.97. The van der Waals surface area contributed by atoms with Gasteiger partial charge < -0.3 is 10.0 Å². The summed E-state index contributed by atoms with van der Waals surface area (Å²) >= 11 is 0. The van der Waals surface area contributed by atoms with E-state index in [1.807, 2.05) is 25.1 Å². The Kier molecular flexibility index (Phi) is 2.91. The van der Waals surface area contributed by atoms with Crippen molar-refractivity contribution in [1.82, 2.24) is 4.98 Å². The third-order valence-electron chi connectivity index (χ3n) is 3.06. The first-order valence-electron chi connectivity index (χ1n) is 5.53. The smallest absolute Gasteiger partial charge is 0.128 e. The van der Waals surface area contributed by atoms with Crippen molar-refractivity contribution in [2.24, 2.45) is 5.92 Å². The molecule has 2 rings (SSSR count). The van der Waals surface area contributed by atoms with E-state index in [1.165, 1.54) is 0 Å². The van der Waals surface area contributed by atoms with Crippen molar-refractivity contribution in [2.45, 2.75) is 26.4 Å². The molecule has 0 bridgehead atoms. The zero-order chi connectivity index (χ0) is 10.8. The summed E-state index contributed by atoms with van der Waals surface area (Å²) in [6.45, 7) is 5.90. The van der Waals surface area contributed by atoms with Crippen molar-refractivity contribution in [3.8, 4) is 0 Å². The van der Waals surface area contributed by atoms with Crippen LogP contribution in [0.25, 0.3) is 0 Å². The molecule has 1 fully saturated rings. The summed E-state index contributed by atoms with van der Waals surface area (Å²) in [5.41, 5.74) is 1.05. The van der Waals surface area contributed by atoms with Crippen LogP contribution < -0.4 is 4.90 Å². The van der Waals surface area contributed by atoms with Crippen molar-refractivity contribution < 1.29 is 5.11 Å². The molecule has 0 spiro atoms. The Morgan fingerprint density at radius 1 is 1.47 bits per heavy atom.